The lowest BCUT2D eigenvalue weighted by Gasteiger charge is -2.45. The lowest BCUT2D eigenvalue weighted by molar-refractivity contribution is -0.0454. The van der Waals surface area contributed by atoms with Crippen LogP contribution in [0, 0.1) is 0 Å². The molecule has 0 unspecified atom stereocenters. The molecule has 3 saturated heterocycles. The van der Waals surface area contributed by atoms with Gasteiger partial charge in [0.1, 0.15) is 11.9 Å². The third-order valence-corrected chi connectivity index (χ3v) is 5.27. The third kappa shape index (κ3) is 3.97. The maximum absolute atomic E-state index is 12.6. The van der Waals surface area contributed by atoms with E-state index in [0.717, 1.165) is 44.9 Å². The molecule has 0 N–H and O–H groups in total. The lowest BCUT2D eigenvalue weighted by atomic mass is 10.0. The van der Waals surface area contributed by atoms with E-state index in [-0.39, 0.29) is 12.0 Å². The van der Waals surface area contributed by atoms with Gasteiger partial charge in [-0.05, 0) is 31.0 Å². The van der Waals surface area contributed by atoms with Crippen molar-refractivity contribution in [2.45, 2.75) is 25.0 Å². The minimum absolute atomic E-state index is 0.0613. The van der Waals surface area contributed by atoms with Crippen molar-refractivity contribution in [3.8, 4) is 5.75 Å². The van der Waals surface area contributed by atoms with Crippen LogP contribution in [0.1, 0.15) is 23.2 Å². The van der Waals surface area contributed by atoms with Gasteiger partial charge in [-0.3, -0.25) is 9.69 Å². The van der Waals surface area contributed by atoms with Gasteiger partial charge in [-0.25, -0.2) is 0 Å². The van der Waals surface area contributed by atoms with Gasteiger partial charge in [0.15, 0.2) is 0 Å². The first kappa shape index (κ1) is 16.8. The van der Waals surface area contributed by atoms with Crippen molar-refractivity contribution in [1.82, 2.24) is 9.80 Å². The molecule has 1 aromatic carbocycles. The molecule has 0 aliphatic carbocycles. The number of carbonyl (C=O) groups is 1. The summed E-state index contributed by atoms with van der Waals surface area (Å²) < 4.78 is 16.8. The third-order valence-electron chi connectivity index (χ3n) is 5.27. The summed E-state index contributed by atoms with van der Waals surface area (Å²) in [4.78, 5) is 16.9. The van der Waals surface area contributed by atoms with Crippen LogP contribution in [-0.2, 0) is 9.47 Å². The molecular formula is C19H26N2O4. The average Bonchev–Trinajstić information content (AvgIpc) is 2.65. The Bertz CT molecular complexity index is 591. The highest BCUT2D eigenvalue weighted by Crippen LogP contribution is 2.25. The smallest absolute Gasteiger partial charge is 0.254 e. The van der Waals surface area contributed by atoms with Crippen LogP contribution in [0.5, 0.6) is 5.75 Å². The van der Waals surface area contributed by atoms with E-state index in [1.54, 1.807) is 0 Å². The predicted molar refractivity (Wildman–Crippen MR) is 93.0 cm³/mol. The van der Waals surface area contributed by atoms with Crippen LogP contribution in [-0.4, -0.2) is 80.5 Å². The predicted octanol–water partition coefficient (Wildman–Crippen LogP) is 1.40. The summed E-state index contributed by atoms with van der Waals surface area (Å²) in [5, 5.41) is 0. The molecule has 3 heterocycles. The van der Waals surface area contributed by atoms with E-state index in [1.807, 2.05) is 29.2 Å². The topological polar surface area (TPSA) is 51.2 Å². The van der Waals surface area contributed by atoms with Gasteiger partial charge in [0.05, 0.1) is 13.2 Å². The number of carbonyl (C=O) groups excluding carboxylic acids is 1. The summed E-state index contributed by atoms with van der Waals surface area (Å²) in [5.74, 6) is 0.849. The molecular weight excluding hydrogens is 320 g/mol. The number of rotatable bonds is 4. The van der Waals surface area contributed by atoms with E-state index in [4.69, 9.17) is 14.2 Å². The number of hydrogen-bond donors (Lipinski definition) is 0. The van der Waals surface area contributed by atoms with Crippen molar-refractivity contribution in [3.05, 3.63) is 29.8 Å². The molecule has 3 fully saturated rings. The number of amides is 1. The van der Waals surface area contributed by atoms with Crippen molar-refractivity contribution in [2.75, 3.05) is 52.6 Å². The molecule has 0 radical (unpaired) electrons. The molecule has 25 heavy (non-hydrogen) atoms. The Morgan fingerprint density at radius 2 is 1.76 bits per heavy atom. The van der Waals surface area contributed by atoms with E-state index in [1.165, 1.54) is 0 Å². The highest BCUT2D eigenvalue weighted by Gasteiger charge is 2.34. The number of hydrogen-bond acceptors (Lipinski definition) is 5. The molecule has 0 spiro atoms. The number of ether oxygens (including phenoxy) is 3. The van der Waals surface area contributed by atoms with Crippen molar-refractivity contribution in [3.63, 3.8) is 0 Å². The SMILES string of the molecule is O=C(c1cccc(OC2CN(C3CCOCC3)C2)c1)N1CCOCC1. The van der Waals surface area contributed by atoms with Crippen molar-refractivity contribution in [1.29, 1.82) is 0 Å². The standard InChI is InChI=1S/C19H26N2O4/c22-19(20-6-10-24-11-7-20)15-2-1-3-17(12-15)25-18-13-21(14-18)16-4-8-23-9-5-16/h1-3,12,16,18H,4-11,13-14H2. The first-order chi connectivity index (χ1) is 12.3. The quantitative estimate of drug-likeness (QED) is 0.825. The Kier molecular flexibility index (Phi) is 5.20. The molecule has 0 bridgehead atoms. The fraction of sp³-hybridized carbons (Fsp3) is 0.632. The Labute approximate surface area is 148 Å². The first-order valence-electron chi connectivity index (χ1n) is 9.25. The van der Waals surface area contributed by atoms with E-state index in [9.17, 15) is 4.79 Å². The van der Waals surface area contributed by atoms with Gasteiger partial charge in [0.2, 0.25) is 0 Å². The zero-order valence-corrected chi connectivity index (χ0v) is 14.6. The van der Waals surface area contributed by atoms with Crippen LogP contribution in [0.15, 0.2) is 24.3 Å². The van der Waals surface area contributed by atoms with Crippen LogP contribution >= 0.6 is 0 Å². The lowest BCUT2D eigenvalue weighted by Crippen LogP contribution is -2.58. The fourth-order valence-corrected chi connectivity index (χ4v) is 3.74. The van der Waals surface area contributed by atoms with Crippen LogP contribution in [0.3, 0.4) is 0 Å². The van der Waals surface area contributed by atoms with Crippen molar-refractivity contribution >= 4 is 5.91 Å². The van der Waals surface area contributed by atoms with Gasteiger partial charge in [-0.15, -0.1) is 0 Å². The van der Waals surface area contributed by atoms with E-state index in [0.29, 0.717) is 37.9 Å². The van der Waals surface area contributed by atoms with Gasteiger partial charge >= 0.3 is 0 Å². The van der Waals surface area contributed by atoms with Gasteiger partial charge in [-0.1, -0.05) is 6.07 Å². The maximum Gasteiger partial charge on any atom is 0.254 e. The normalized spacial score (nSPS) is 23.3. The number of morpholine rings is 1. The Morgan fingerprint density at radius 3 is 2.52 bits per heavy atom. The van der Waals surface area contributed by atoms with E-state index in [2.05, 4.69) is 4.90 Å². The van der Waals surface area contributed by atoms with Crippen molar-refractivity contribution in [2.24, 2.45) is 0 Å². The first-order valence-corrected chi connectivity index (χ1v) is 9.25. The minimum atomic E-state index is 0.0613. The highest BCUT2D eigenvalue weighted by atomic mass is 16.5. The van der Waals surface area contributed by atoms with Crippen LogP contribution in [0.4, 0.5) is 0 Å². The van der Waals surface area contributed by atoms with E-state index < -0.39 is 0 Å². The summed E-state index contributed by atoms with van der Waals surface area (Å²) in [7, 11) is 0. The molecule has 6 nitrogen and oxygen atoms in total. The molecule has 6 heteroatoms. The minimum Gasteiger partial charge on any atom is -0.488 e. The highest BCUT2D eigenvalue weighted by molar-refractivity contribution is 5.94. The molecule has 0 aromatic heterocycles. The Balaban J connectivity index is 1.30. The van der Waals surface area contributed by atoms with Gasteiger partial charge in [0, 0.05) is 51.0 Å². The molecule has 1 amide bonds. The zero-order valence-electron chi connectivity index (χ0n) is 14.6. The van der Waals surface area contributed by atoms with E-state index >= 15 is 0 Å². The Morgan fingerprint density at radius 1 is 1.04 bits per heavy atom. The summed E-state index contributed by atoms with van der Waals surface area (Å²) >= 11 is 0. The van der Waals surface area contributed by atoms with Crippen LogP contribution in [0.25, 0.3) is 0 Å². The second-order valence-electron chi connectivity index (χ2n) is 6.97. The van der Waals surface area contributed by atoms with Crippen LogP contribution in [0.2, 0.25) is 0 Å². The monoisotopic (exact) mass is 346 g/mol. The average molecular weight is 346 g/mol. The molecule has 3 aliphatic heterocycles. The second-order valence-corrected chi connectivity index (χ2v) is 6.97. The molecule has 0 atom stereocenters. The largest absolute Gasteiger partial charge is 0.488 e. The summed E-state index contributed by atoms with van der Waals surface area (Å²) in [6.07, 6.45) is 2.46. The number of nitrogens with zero attached hydrogens (tertiary/aromatic N) is 2. The summed E-state index contributed by atoms with van der Waals surface area (Å²) in [6.45, 7) is 6.23. The fourth-order valence-electron chi connectivity index (χ4n) is 3.74. The maximum atomic E-state index is 12.6. The molecule has 136 valence electrons. The second kappa shape index (κ2) is 7.72. The molecule has 4 rings (SSSR count). The van der Waals surface area contributed by atoms with Gasteiger partial charge in [-0.2, -0.15) is 0 Å². The molecule has 3 aliphatic rings. The molecule has 0 saturated carbocycles. The zero-order chi connectivity index (χ0) is 17.1. The summed E-state index contributed by atoms with van der Waals surface area (Å²) in [5.41, 5.74) is 0.694. The number of likely N-dealkylation sites (tertiary alicyclic amines) is 1. The van der Waals surface area contributed by atoms with Gasteiger partial charge in [0.25, 0.3) is 5.91 Å². The van der Waals surface area contributed by atoms with Crippen LogP contribution < -0.4 is 4.74 Å². The number of benzene rings is 1. The van der Waals surface area contributed by atoms with Crippen molar-refractivity contribution < 1.29 is 19.0 Å². The van der Waals surface area contributed by atoms with Gasteiger partial charge < -0.3 is 19.1 Å². The Hall–Kier alpha value is -1.63. The summed E-state index contributed by atoms with van der Waals surface area (Å²) in [6, 6.07) is 8.21. The molecule has 1 aromatic rings.